The zero-order chi connectivity index (χ0) is 19.7. The number of aryl methyl sites for hydroxylation is 1. The minimum Gasteiger partial charge on any atom is -0.495 e. The van der Waals surface area contributed by atoms with Crippen LogP contribution in [0.15, 0.2) is 30.6 Å². The van der Waals surface area contributed by atoms with Gasteiger partial charge in [-0.3, -0.25) is 0 Å². The second kappa shape index (κ2) is 7.47. The lowest BCUT2D eigenvalue weighted by molar-refractivity contribution is 0.415. The van der Waals surface area contributed by atoms with Crippen LogP contribution in [0, 0.1) is 0 Å². The lowest BCUT2D eigenvalue weighted by atomic mass is 10.1. The third-order valence-corrected chi connectivity index (χ3v) is 4.92. The molecule has 28 heavy (non-hydrogen) atoms. The summed E-state index contributed by atoms with van der Waals surface area (Å²) < 4.78 is 7.07. The summed E-state index contributed by atoms with van der Waals surface area (Å²) in [7, 11) is 3.41. The lowest BCUT2D eigenvalue weighted by Gasteiger charge is -2.12. The topological polar surface area (TPSA) is 89.8 Å². The van der Waals surface area contributed by atoms with Crippen LogP contribution in [0.2, 0.25) is 5.02 Å². The van der Waals surface area contributed by atoms with Crippen molar-refractivity contribution in [2.45, 2.75) is 20.0 Å². The summed E-state index contributed by atoms with van der Waals surface area (Å²) in [6, 6.07) is 5.68. The maximum atomic E-state index is 6.23. The SMILES string of the molecule is CCn1ncc2c3c(NCc4ccc(OC)c(Cl)c4)nnc(NC)c3cnc21. The first-order chi connectivity index (χ1) is 13.7. The van der Waals surface area contributed by atoms with Gasteiger partial charge >= 0.3 is 0 Å². The van der Waals surface area contributed by atoms with Crippen molar-refractivity contribution in [3.05, 3.63) is 41.2 Å². The van der Waals surface area contributed by atoms with Crippen molar-refractivity contribution in [1.82, 2.24) is 25.0 Å². The van der Waals surface area contributed by atoms with Crippen molar-refractivity contribution >= 4 is 45.0 Å². The summed E-state index contributed by atoms with van der Waals surface area (Å²) in [6.45, 7) is 3.32. The molecule has 1 aromatic carbocycles. The number of rotatable bonds is 6. The first-order valence-electron chi connectivity index (χ1n) is 8.91. The van der Waals surface area contributed by atoms with Crippen LogP contribution in [0.1, 0.15) is 12.5 Å². The van der Waals surface area contributed by atoms with E-state index < -0.39 is 0 Å². The molecule has 9 heteroatoms. The molecule has 0 fully saturated rings. The fourth-order valence-electron chi connectivity index (χ4n) is 3.21. The Labute approximate surface area is 166 Å². The van der Waals surface area contributed by atoms with Gasteiger partial charge < -0.3 is 15.4 Å². The fourth-order valence-corrected chi connectivity index (χ4v) is 3.49. The first kappa shape index (κ1) is 18.2. The van der Waals surface area contributed by atoms with E-state index in [1.165, 1.54) is 0 Å². The predicted molar refractivity (Wildman–Crippen MR) is 111 cm³/mol. The standard InChI is InChI=1S/C19H20ClN7O/c1-4-27-19-13(10-24-27)16-12(9-23-19)17(21-2)25-26-18(16)22-8-11-5-6-15(28-3)14(20)7-11/h5-7,9-10H,4,8H2,1-3H3,(H,21,25)(H,22,26). The number of anilines is 2. The Kier molecular flexibility index (Phi) is 4.87. The molecule has 0 bridgehead atoms. The normalized spacial score (nSPS) is 11.1. The Morgan fingerprint density at radius 1 is 1.14 bits per heavy atom. The molecular formula is C19H20ClN7O. The molecule has 0 aliphatic heterocycles. The van der Waals surface area contributed by atoms with Crippen molar-refractivity contribution in [1.29, 1.82) is 0 Å². The van der Waals surface area contributed by atoms with Crippen LogP contribution >= 0.6 is 11.6 Å². The van der Waals surface area contributed by atoms with Crippen LogP contribution in [0.5, 0.6) is 5.75 Å². The summed E-state index contributed by atoms with van der Waals surface area (Å²) in [5.74, 6) is 1.99. The highest BCUT2D eigenvalue weighted by molar-refractivity contribution is 6.32. The Balaban J connectivity index is 1.78. The summed E-state index contributed by atoms with van der Waals surface area (Å²) in [4.78, 5) is 4.57. The molecule has 4 aromatic rings. The van der Waals surface area contributed by atoms with E-state index in [1.807, 2.05) is 43.0 Å². The molecule has 144 valence electrons. The average Bonchev–Trinajstić information content (AvgIpc) is 3.15. The van der Waals surface area contributed by atoms with Crippen LogP contribution in [-0.4, -0.2) is 39.1 Å². The predicted octanol–water partition coefficient (Wildman–Crippen LogP) is 3.71. The zero-order valence-corrected chi connectivity index (χ0v) is 16.6. The smallest absolute Gasteiger partial charge is 0.158 e. The monoisotopic (exact) mass is 397 g/mol. The number of pyridine rings is 1. The van der Waals surface area contributed by atoms with E-state index in [4.69, 9.17) is 16.3 Å². The molecule has 0 radical (unpaired) electrons. The van der Waals surface area contributed by atoms with E-state index in [-0.39, 0.29) is 0 Å². The fraction of sp³-hybridized carbons (Fsp3) is 0.263. The number of nitrogens with zero attached hydrogens (tertiary/aromatic N) is 5. The number of halogens is 1. The summed E-state index contributed by atoms with van der Waals surface area (Å²) in [5.41, 5.74) is 1.83. The van der Waals surface area contributed by atoms with Gasteiger partial charge in [-0.05, 0) is 24.6 Å². The van der Waals surface area contributed by atoms with E-state index >= 15 is 0 Å². The Morgan fingerprint density at radius 2 is 1.96 bits per heavy atom. The van der Waals surface area contributed by atoms with Gasteiger partial charge in [0.2, 0.25) is 0 Å². The molecule has 2 N–H and O–H groups in total. The maximum absolute atomic E-state index is 6.23. The Morgan fingerprint density at radius 3 is 2.68 bits per heavy atom. The van der Waals surface area contributed by atoms with Gasteiger partial charge in [0.1, 0.15) is 5.75 Å². The van der Waals surface area contributed by atoms with Crippen LogP contribution < -0.4 is 15.4 Å². The van der Waals surface area contributed by atoms with Gasteiger partial charge in [0.15, 0.2) is 17.3 Å². The lowest BCUT2D eigenvalue weighted by Crippen LogP contribution is -2.06. The molecular weight excluding hydrogens is 378 g/mol. The molecule has 0 unspecified atom stereocenters. The second-order valence-corrected chi connectivity index (χ2v) is 6.62. The van der Waals surface area contributed by atoms with Crippen molar-refractivity contribution in [3.63, 3.8) is 0 Å². The molecule has 4 rings (SSSR count). The molecule has 0 saturated heterocycles. The molecule has 8 nitrogen and oxygen atoms in total. The van der Waals surface area contributed by atoms with Gasteiger partial charge in [-0.2, -0.15) is 5.10 Å². The van der Waals surface area contributed by atoms with Crippen molar-refractivity contribution in [2.24, 2.45) is 0 Å². The van der Waals surface area contributed by atoms with Crippen molar-refractivity contribution < 1.29 is 4.74 Å². The van der Waals surface area contributed by atoms with Gasteiger partial charge in [-0.1, -0.05) is 17.7 Å². The molecule has 0 aliphatic rings. The van der Waals surface area contributed by atoms with Gasteiger partial charge in [0.25, 0.3) is 0 Å². The van der Waals surface area contributed by atoms with Crippen LogP contribution in [0.4, 0.5) is 11.6 Å². The highest BCUT2D eigenvalue weighted by Gasteiger charge is 2.15. The van der Waals surface area contributed by atoms with E-state index in [9.17, 15) is 0 Å². The highest BCUT2D eigenvalue weighted by atomic mass is 35.5. The van der Waals surface area contributed by atoms with Crippen LogP contribution in [0.25, 0.3) is 21.8 Å². The maximum Gasteiger partial charge on any atom is 0.158 e. The number of benzene rings is 1. The van der Waals surface area contributed by atoms with E-state index in [0.717, 1.165) is 33.9 Å². The summed E-state index contributed by atoms with van der Waals surface area (Å²) in [6.07, 6.45) is 3.63. The Hall–Kier alpha value is -3.13. The largest absolute Gasteiger partial charge is 0.495 e. The molecule has 0 spiro atoms. The number of methoxy groups -OCH3 is 1. The minimum absolute atomic E-state index is 0.540. The second-order valence-electron chi connectivity index (χ2n) is 6.21. The summed E-state index contributed by atoms with van der Waals surface area (Å²) >= 11 is 6.23. The van der Waals surface area contributed by atoms with Gasteiger partial charge in [0.05, 0.1) is 23.7 Å². The minimum atomic E-state index is 0.540. The molecule has 0 aliphatic carbocycles. The van der Waals surface area contributed by atoms with Crippen molar-refractivity contribution in [3.8, 4) is 5.75 Å². The molecule has 3 aromatic heterocycles. The van der Waals surface area contributed by atoms with Gasteiger partial charge in [0, 0.05) is 37.1 Å². The van der Waals surface area contributed by atoms with Crippen molar-refractivity contribution in [2.75, 3.05) is 24.8 Å². The van der Waals surface area contributed by atoms with E-state index in [1.54, 1.807) is 13.3 Å². The van der Waals surface area contributed by atoms with Crippen LogP contribution in [0.3, 0.4) is 0 Å². The number of hydrogen-bond acceptors (Lipinski definition) is 7. The Bertz CT molecular complexity index is 1160. The first-order valence-corrected chi connectivity index (χ1v) is 9.29. The number of nitrogens with one attached hydrogen (secondary N) is 2. The quantitative estimate of drug-likeness (QED) is 0.512. The van der Waals surface area contributed by atoms with E-state index in [0.29, 0.717) is 29.0 Å². The highest BCUT2D eigenvalue weighted by Crippen LogP contribution is 2.32. The zero-order valence-electron chi connectivity index (χ0n) is 15.8. The van der Waals surface area contributed by atoms with Gasteiger partial charge in [-0.25, -0.2) is 9.67 Å². The van der Waals surface area contributed by atoms with Crippen LogP contribution in [-0.2, 0) is 13.1 Å². The van der Waals surface area contributed by atoms with Gasteiger partial charge in [-0.15, -0.1) is 10.2 Å². The van der Waals surface area contributed by atoms with E-state index in [2.05, 4.69) is 30.9 Å². The summed E-state index contributed by atoms with van der Waals surface area (Å²) in [5, 5.41) is 22.9. The molecule has 3 heterocycles. The molecule has 0 amide bonds. The number of fused-ring (bicyclic) bond motifs is 3. The third kappa shape index (κ3) is 3.05. The number of hydrogen-bond donors (Lipinski definition) is 2. The number of aromatic nitrogens is 5. The molecule has 0 saturated carbocycles. The number of ether oxygens (including phenoxy) is 1. The average molecular weight is 398 g/mol. The molecule has 0 atom stereocenters. The third-order valence-electron chi connectivity index (χ3n) is 4.62.